The highest BCUT2D eigenvalue weighted by atomic mass is 16.5. The molecule has 8 aromatic carbocycles. The summed E-state index contributed by atoms with van der Waals surface area (Å²) >= 11 is 0. The molecule has 0 aliphatic carbocycles. The Morgan fingerprint density at radius 3 is 1.94 bits per heavy atom. The van der Waals surface area contributed by atoms with E-state index in [-0.39, 0.29) is 6.92 Å². The second-order valence-electron chi connectivity index (χ2n) is 13.9. The van der Waals surface area contributed by atoms with Crippen LogP contribution in [0.15, 0.2) is 174 Å². The van der Waals surface area contributed by atoms with Crippen molar-refractivity contribution < 1.29 is 13.8 Å². The SMILES string of the molecule is c1ccc(-n2c3ccccc3c3ccccc32)c(-c2ccc3c(c2)Oc2cccc4c2B3Oc2cc(-c3cccc5oc6ccccc6c35)ccc2-4)c1. The van der Waals surface area contributed by atoms with Crippen molar-refractivity contribution >= 4 is 61.6 Å². The van der Waals surface area contributed by atoms with Gasteiger partial charge in [0.2, 0.25) is 0 Å². The molecule has 2 aliphatic rings. The van der Waals surface area contributed by atoms with Crippen LogP contribution in [0, 0.1) is 0 Å². The van der Waals surface area contributed by atoms with Gasteiger partial charge in [-0.25, -0.2) is 0 Å². The summed E-state index contributed by atoms with van der Waals surface area (Å²) in [5, 5.41) is 4.71. The number of nitrogens with zero attached hydrogens (tertiary/aromatic N) is 1. The molecule has 0 fully saturated rings. The lowest BCUT2D eigenvalue weighted by Gasteiger charge is -2.33. The average Bonchev–Trinajstić information content (AvgIpc) is 3.76. The Bertz CT molecular complexity index is 3100. The molecule has 0 spiro atoms. The Hall–Kier alpha value is -6.98. The van der Waals surface area contributed by atoms with E-state index in [0.29, 0.717) is 0 Å². The smallest absolute Gasteiger partial charge is 0.434 e. The molecule has 0 atom stereocenters. The van der Waals surface area contributed by atoms with E-state index in [0.717, 1.165) is 89.2 Å². The highest BCUT2D eigenvalue weighted by Crippen LogP contribution is 2.44. The van der Waals surface area contributed by atoms with Crippen molar-refractivity contribution in [3.8, 4) is 56.3 Å². The number of benzene rings is 8. The maximum Gasteiger partial charge on any atom is 0.434 e. The van der Waals surface area contributed by atoms with Gasteiger partial charge in [-0.1, -0.05) is 121 Å². The van der Waals surface area contributed by atoms with Crippen LogP contribution in [0.3, 0.4) is 0 Å². The second kappa shape index (κ2) is 10.8. The van der Waals surface area contributed by atoms with Crippen LogP contribution < -0.4 is 20.3 Å². The first-order valence-corrected chi connectivity index (χ1v) is 18.0. The van der Waals surface area contributed by atoms with Crippen LogP contribution in [0.25, 0.3) is 82.8 Å². The summed E-state index contributed by atoms with van der Waals surface area (Å²) in [6.45, 7) is -0.306. The number of furan rings is 1. The van der Waals surface area contributed by atoms with Gasteiger partial charge in [0, 0.05) is 43.6 Å². The van der Waals surface area contributed by atoms with Crippen molar-refractivity contribution in [3.05, 3.63) is 170 Å². The minimum Gasteiger partial charge on any atom is -0.551 e. The van der Waals surface area contributed by atoms with Crippen molar-refractivity contribution in [3.63, 3.8) is 0 Å². The number of aromatic nitrogens is 1. The molecule has 0 saturated heterocycles. The molecule has 10 aromatic rings. The van der Waals surface area contributed by atoms with Gasteiger partial charge in [0.05, 0.1) is 16.7 Å². The Kier molecular flexibility index (Phi) is 5.83. The summed E-state index contributed by atoms with van der Waals surface area (Å²) < 4.78 is 22.4. The topological polar surface area (TPSA) is 36.5 Å². The number of ether oxygens (including phenoxy) is 1. The quantitative estimate of drug-likeness (QED) is 0.175. The monoisotopic (exact) mass is 677 g/mol. The molecule has 53 heavy (non-hydrogen) atoms. The number of hydrogen-bond acceptors (Lipinski definition) is 3. The molecule has 246 valence electrons. The zero-order chi connectivity index (χ0) is 34.6. The highest BCUT2D eigenvalue weighted by molar-refractivity contribution is 6.84. The van der Waals surface area contributed by atoms with Crippen molar-refractivity contribution in [2.45, 2.75) is 0 Å². The number of rotatable bonds is 3. The number of fused-ring (bicyclic) bond motifs is 10. The summed E-state index contributed by atoms with van der Waals surface area (Å²) in [7, 11) is 0. The maximum absolute atomic E-state index is 7.03. The van der Waals surface area contributed by atoms with Gasteiger partial charge in [-0.15, -0.1) is 0 Å². The van der Waals surface area contributed by atoms with Gasteiger partial charge in [-0.05, 0) is 70.8 Å². The molecule has 12 rings (SSSR count). The summed E-state index contributed by atoms with van der Waals surface area (Å²) in [6.07, 6.45) is 0. The average molecular weight is 678 g/mol. The van der Waals surface area contributed by atoms with Crippen molar-refractivity contribution in [2.75, 3.05) is 0 Å². The Morgan fingerprint density at radius 1 is 0.434 bits per heavy atom. The Balaban J connectivity index is 0.985. The van der Waals surface area contributed by atoms with E-state index >= 15 is 0 Å². The standard InChI is InChI=1S/C48H28BNO3/c1-5-17-39(50-40-18-6-2-12-33(40)34-13-3-7-19-41(34)50)31(11-1)29-24-26-38-46(28-29)52-44-22-10-16-36-35-25-23-30(27-45(35)53-49(38)48(36)44)32-15-9-21-43-47(32)37-14-4-8-20-42(37)51-43/h1-28H. The number of hydrogen-bond donors (Lipinski definition) is 0. The molecular weight excluding hydrogens is 649 g/mol. The van der Waals surface area contributed by atoms with Gasteiger partial charge in [-0.3, -0.25) is 0 Å². The molecule has 5 heteroatoms. The Morgan fingerprint density at radius 2 is 1.08 bits per heavy atom. The van der Waals surface area contributed by atoms with Crippen LogP contribution in [0.2, 0.25) is 0 Å². The first-order valence-electron chi connectivity index (χ1n) is 18.0. The first kappa shape index (κ1) is 28.7. The molecule has 2 aromatic heterocycles. The van der Waals surface area contributed by atoms with E-state index in [1.54, 1.807) is 0 Å². The zero-order valence-electron chi connectivity index (χ0n) is 28.4. The summed E-state index contributed by atoms with van der Waals surface area (Å²) in [5.41, 5.74) is 14.0. The van der Waals surface area contributed by atoms with Crippen LogP contribution in [-0.2, 0) is 0 Å². The van der Waals surface area contributed by atoms with Crippen molar-refractivity contribution in [1.82, 2.24) is 4.57 Å². The predicted octanol–water partition coefficient (Wildman–Crippen LogP) is 11.3. The van der Waals surface area contributed by atoms with Gasteiger partial charge < -0.3 is 18.4 Å². The second-order valence-corrected chi connectivity index (χ2v) is 13.9. The minimum absolute atomic E-state index is 0.306. The van der Waals surface area contributed by atoms with Crippen LogP contribution in [0.4, 0.5) is 0 Å². The van der Waals surface area contributed by atoms with Gasteiger partial charge in [0.15, 0.2) is 0 Å². The molecule has 0 radical (unpaired) electrons. The Labute approximate surface area is 305 Å². The molecule has 0 N–H and O–H groups in total. The van der Waals surface area contributed by atoms with E-state index < -0.39 is 0 Å². The van der Waals surface area contributed by atoms with E-state index in [2.05, 4.69) is 156 Å². The lowest BCUT2D eigenvalue weighted by Crippen LogP contribution is -2.53. The van der Waals surface area contributed by atoms with Gasteiger partial charge in [0.25, 0.3) is 0 Å². The molecule has 0 amide bonds. The minimum atomic E-state index is -0.306. The largest absolute Gasteiger partial charge is 0.551 e. The third-order valence-electron chi connectivity index (χ3n) is 11.1. The van der Waals surface area contributed by atoms with Gasteiger partial charge in [0.1, 0.15) is 28.4 Å². The van der Waals surface area contributed by atoms with Crippen LogP contribution in [-0.4, -0.2) is 11.5 Å². The fourth-order valence-electron chi connectivity index (χ4n) is 8.79. The van der Waals surface area contributed by atoms with Crippen LogP contribution in [0.1, 0.15) is 0 Å². The predicted molar refractivity (Wildman–Crippen MR) is 217 cm³/mol. The van der Waals surface area contributed by atoms with E-state index in [4.69, 9.17) is 13.8 Å². The molecule has 0 unspecified atom stereocenters. The fourth-order valence-corrected chi connectivity index (χ4v) is 8.79. The van der Waals surface area contributed by atoms with Gasteiger partial charge >= 0.3 is 6.92 Å². The summed E-state index contributed by atoms with van der Waals surface area (Å²) in [6, 6.07) is 59.9. The third kappa shape index (κ3) is 4.07. The zero-order valence-corrected chi connectivity index (χ0v) is 28.4. The van der Waals surface area contributed by atoms with Crippen LogP contribution in [0.5, 0.6) is 17.2 Å². The molecular formula is C48H28BNO3. The molecule has 0 saturated carbocycles. The van der Waals surface area contributed by atoms with E-state index in [1.165, 1.54) is 21.8 Å². The van der Waals surface area contributed by atoms with Crippen LogP contribution >= 0.6 is 0 Å². The van der Waals surface area contributed by atoms with E-state index in [1.807, 2.05) is 18.2 Å². The fraction of sp³-hybridized carbons (Fsp3) is 0. The normalized spacial score (nSPS) is 12.8. The summed E-state index contributed by atoms with van der Waals surface area (Å²) in [5.74, 6) is 2.50. The highest BCUT2D eigenvalue weighted by Gasteiger charge is 2.40. The molecule has 4 nitrogen and oxygen atoms in total. The maximum atomic E-state index is 7.03. The van der Waals surface area contributed by atoms with Crippen molar-refractivity contribution in [2.24, 2.45) is 0 Å². The lowest BCUT2D eigenvalue weighted by atomic mass is 9.51. The number of para-hydroxylation sites is 4. The van der Waals surface area contributed by atoms with E-state index in [9.17, 15) is 0 Å². The summed E-state index contributed by atoms with van der Waals surface area (Å²) in [4.78, 5) is 0. The first-order chi connectivity index (χ1) is 26.3. The van der Waals surface area contributed by atoms with Crippen molar-refractivity contribution in [1.29, 1.82) is 0 Å². The third-order valence-corrected chi connectivity index (χ3v) is 11.1. The van der Waals surface area contributed by atoms with Gasteiger partial charge in [-0.2, -0.15) is 0 Å². The molecule has 4 heterocycles. The lowest BCUT2D eigenvalue weighted by molar-refractivity contribution is 0.479. The molecule has 2 aliphatic heterocycles. The molecule has 0 bridgehead atoms.